The van der Waals surface area contributed by atoms with E-state index in [1.165, 1.54) is 22.8 Å². The first-order chi connectivity index (χ1) is 9.69. The van der Waals surface area contributed by atoms with Crippen LogP contribution in [0.1, 0.15) is 46.3 Å². The van der Waals surface area contributed by atoms with E-state index >= 15 is 0 Å². The van der Waals surface area contributed by atoms with Crippen LogP contribution in [0.5, 0.6) is 0 Å². The Hall–Kier alpha value is -1.82. The first-order valence-electron chi connectivity index (χ1n) is 6.68. The molecule has 0 saturated heterocycles. The van der Waals surface area contributed by atoms with Crippen molar-refractivity contribution in [1.29, 1.82) is 0 Å². The molecule has 0 amide bonds. The Balaban J connectivity index is 2.40. The highest BCUT2D eigenvalue weighted by atomic mass is 32.1. The van der Waals surface area contributed by atoms with Gasteiger partial charge in [0.15, 0.2) is 0 Å². The average molecular weight is 309 g/mol. The molecule has 0 aliphatic carbocycles. The molecule has 2 heterocycles. The molecular formula is C15H19NO4S. The fraction of sp³-hybridized carbons (Fsp3) is 0.467. The molecule has 21 heavy (non-hydrogen) atoms. The summed E-state index contributed by atoms with van der Waals surface area (Å²) in [4.78, 5) is 24.2. The zero-order valence-corrected chi connectivity index (χ0v) is 13.6. The van der Waals surface area contributed by atoms with Gasteiger partial charge in [-0.15, -0.1) is 11.3 Å². The number of hydrogen-bond acceptors (Lipinski definition) is 5. The van der Waals surface area contributed by atoms with Gasteiger partial charge in [0.1, 0.15) is 16.5 Å². The van der Waals surface area contributed by atoms with E-state index in [-0.39, 0.29) is 5.97 Å². The second-order valence-electron chi connectivity index (χ2n) is 5.83. The number of nitrogens with zero attached hydrogens (tertiary/aromatic N) is 1. The van der Waals surface area contributed by atoms with E-state index in [0.717, 1.165) is 15.8 Å². The molecule has 0 bridgehead atoms. The fourth-order valence-electron chi connectivity index (χ4n) is 2.06. The van der Waals surface area contributed by atoms with E-state index in [4.69, 9.17) is 9.47 Å². The van der Waals surface area contributed by atoms with Gasteiger partial charge >= 0.3 is 12.1 Å². The van der Waals surface area contributed by atoms with Crippen molar-refractivity contribution in [1.82, 2.24) is 4.57 Å². The van der Waals surface area contributed by atoms with Gasteiger partial charge in [0, 0.05) is 24.1 Å². The summed E-state index contributed by atoms with van der Waals surface area (Å²) in [6, 6.07) is 1.91. The van der Waals surface area contributed by atoms with Crippen molar-refractivity contribution in [3.63, 3.8) is 0 Å². The highest BCUT2D eigenvalue weighted by Gasteiger charge is 2.23. The van der Waals surface area contributed by atoms with Crippen LogP contribution in [0.25, 0.3) is 10.2 Å². The average Bonchev–Trinajstić information content (AvgIpc) is 2.84. The number of aromatic nitrogens is 1. The molecule has 1 unspecified atom stereocenters. The number of hydrogen-bond donors (Lipinski definition) is 0. The van der Waals surface area contributed by atoms with Crippen LogP contribution in [-0.2, 0) is 14.3 Å². The van der Waals surface area contributed by atoms with E-state index in [1.54, 1.807) is 13.1 Å². The van der Waals surface area contributed by atoms with E-state index in [2.05, 4.69) is 0 Å². The van der Waals surface area contributed by atoms with Crippen molar-refractivity contribution in [3.05, 3.63) is 23.2 Å². The van der Waals surface area contributed by atoms with E-state index in [9.17, 15) is 9.59 Å². The van der Waals surface area contributed by atoms with Gasteiger partial charge in [-0.25, -0.2) is 9.36 Å². The van der Waals surface area contributed by atoms with Crippen molar-refractivity contribution in [3.8, 4) is 0 Å². The lowest BCUT2D eigenvalue weighted by atomic mass is 10.1. The molecule has 0 spiro atoms. The maximum absolute atomic E-state index is 12.3. The Labute approximate surface area is 127 Å². The molecule has 1 atom stereocenters. The van der Waals surface area contributed by atoms with Crippen LogP contribution in [0.2, 0.25) is 0 Å². The number of thiophene rings is 1. The lowest BCUT2D eigenvalue weighted by Crippen LogP contribution is -2.26. The number of carbonyl (C=O) groups excluding carboxylic acids is 2. The van der Waals surface area contributed by atoms with Crippen LogP contribution in [0.3, 0.4) is 0 Å². The molecule has 2 rings (SSSR count). The Morgan fingerprint density at radius 1 is 1.33 bits per heavy atom. The highest BCUT2D eigenvalue weighted by molar-refractivity contribution is 7.17. The SMILES string of the molecule is CC(=O)OC(C)c1cn(C(=O)OC(C)(C)C)c2sccc12. The Morgan fingerprint density at radius 2 is 2.00 bits per heavy atom. The van der Waals surface area contributed by atoms with Crippen molar-refractivity contribution in [2.24, 2.45) is 0 Å². The predicted octanol–water partition coefficient (Wildman–Crippen LogP) is 4.11. The minimum Gasteiger partial charge on any atom is -0.458 e. The fourth-order valence-corrected chi connectivity index (χ4v) is 2.94. The summed E-state index contributed by atoms with van der Waals surface area (Å²) in [5, 5.41) is 2.80. The van der Waals surface area contributed by atoms with Crippen LogP contribution in [0, 0.1) is 0 Å². The number of ether oxygens (including phenoxy) is 2. The van der Waals surface area contributed by atoms with Gasteiger partial charge in [-0.3, -0.25) is 4.79 Å². The molecule has 2 aromatic rings. The van der Waals surface area contributed by atoms with E-state index < -0.39 is 17.8 Å². The van der Waals surface area contributed by atoms with Crippen molar-refractivity contribution in [2.75, 3.05) is 0 Å². The van der Waals surface area contributed by atoms with Gasteiger partial charge < -0.3 is 9.47 Å². The number of carbonyl (C=O) groups is 2. The molecule has 0 aliphatic rings. The lowest BCUT2D eigenvalue weighted by Gasteiger charge is -2.19. The summed E-state index contributed by atoms with van der Waals surface area (Å²) in [5.41, 5.74) is 0.236. The summed E-state index contributed by atoms with van der Waals surface area (Å²) in [5.74, 6) is -0.351. The second-order valence-corrected chi connectivity index (χ2v) is 6.72. The van der Waals surface area contributed by atoms with Crippen molar-refractivity contribution < 1.29 is 19.1 Å². The summed E-state index contributed by atoms with van der Waals surface area (Å²) < 4.78 is 12.1. The second kappa shape index (κ2) is 5.52. The van der Waals surface area contributed by atoms with Gasteiger partial charge in [0.05, 0.1) is 0 Å². The number of esters is 1. The van der Waals surface area contributed by atoms with Gasteiger partial charge in [-0.2, -0.15) is 0 Å². The molecule has 6 heteroatoms. The van der Waals surface area contributed by atoms with Crippen LogP contribution in [0.4, 0.5) is 4.79 Å². The Morgan fingerprint density at radius 3 is 2.57 bits per heavy atom. The summed E-state index contributed by atoms with van der Waals surface area (Å²) in [6.45, 7) is 8.62. The lowest BCUT2D eigenvalue weighted by molar-refractivity contribution is -0.145. The molecule has 0 fully saturated rings. The maximum Gasteiger partial charge on any atom is 0.419 e. The number of fused-ring (bicyclic) bond motifs is 1. The van der Waals surface area contributed by atoms with Gasteiger partial charge in [-0.1, -0.05) is 0 Å². The Bertz CT molecular complexity index is 677. The minimum atomic E-state index is -0.563. The number of rotatable bonds is 2. The third-order valence-electron chi connectivity index (χ3n) is 2.81. The molecule has 5 nitrogen and oxygen atoms in total. The van der Waals surface area contributed by atoms with Gasteiger partial charge in [-0.05, 0) is 39.1 Å². The zero-order valence-electron chi connectivity index (χ0n) is 12.8. The molecule has 0 saturated carbocycles. The molecule has 0 radical (unpaired) electrons. The highest BCUT2D eigenvalue weighted by Crippen LogP contribution is 2.32. The quantitative estimate of drug-likeness (QED) is 0.783. The predicted molar refractivity (Wildman–Crippen MR) is 81.6 cm³/mol. The van der Waals surface area contributed by atoms with Crippen molar-refractivity contribution in [2.45, 2.75) is 46.3 Å². The minimum absolute atomic E-state index is 0.351. The molecule has 2 aromatic heterocycles. The molecule has 0 aromatic carbocycles. The summed E-state index contributed by atoms with van der Waals surface area (Å²) in [7, 11) is 0. The van der Waals surface area contributed by atoms with Crippen LogP contribution in [-0.4, -0.2) is 22.2 Å². The van der Waals surface area contributed by atoms with Gasteiger partial charge in [0.25, 0.3) is 0 Å². The normalized spacial score (nSPS) is 13.2. The maximum atomic E-state index is 12.3. The standard InChI is InChI=1S/C15H19NO4S/c1-9(19-10(2)17)12-8-16(13-11(12)6-7-21-13)14(18)20-15(3,4)5/h6-9H,1-5H3. The molecule has 0 N–H and O–H groups in total. The zero-order chi connectivity index (χ0) is 15.8. The largest absolute Gasteiger partial charge is 0.458 e. The van der Waals surface area contributed by atoms with Crippen LogP contribution >= 0.6 is 11.3 Å². The first kappa shape index (κ1) is 15.6. The van der Waals surface area contributed by atoms with Crippen molar-refractivity contribution >= 4 is 33.6 Å². The summed E-state index contributed by atoms with van der Waals surface area (Å²) in [6.07, 6.45) is 0.836. The molecule has 114 valence electrons. The topological polar surface area (TPSA) is 57.5 Å². The van der Waals surface area contributed by atoms with Gasteiger partial charge in [0.2, 0.25) is 0 Å². The molecule has 0 aliphatic heterocycles. The van der Waals surface area contributed by atoms with Crippen LogP contribution < -0.4 is 0 Å². The third kappa shape index (κ3) is 3.44. The Kier molecular flexibility index (Phi) is 4.09. The van der Waals surface area contributed by atoms with E-state index in [1.807, 2.05) is 32.2 Å². The monoisotopic (exact) mass is 309 g/mol. The molecular weight excluding hydrogens is 290 g/mol. The summed E-state index contributed by atoms with van der Waals surface area (Å²) >= 11 is 1.45. The third-order valence-corrected chi connectivity index (χ3v) is 3.73. The smallest absolute Gasteiger partial charge is 0.419 e. The first-order valence-corrected chi connectivity index (χ1v) is 7.56. The van der Waals surface area contributed by atoms with E-state index in [0.29, 0.717) is 0 Å². The van der Waals surface area contributed by atoms with Crippen LogP contribution in [0.15, 0.2) is 17.6 Å².